The van der Waals surface area contributed by atoms with Gasteiger partial charge in [0.05, 0.1) is 29.7 Å². The Morgan fingerprint density at radius 2 is 1.88 bits per heavy atom. The highest BCUT2D eigenvalue weighted by molar-refractivity contribution is 7.92. The number of hydrogen-bond acceptors (Lipinski definition) is 4. The zero-order valence-corrected chi connectivity index (χ0v) is 19.4. The summed E-state index contributed by atoms with van der Waals surface area (Å²) >= 11 is 0. The molecular weight excluding hydrogens is 457 g/mol. The van der Waals surface area contributed by atoms with Crippen molar-refractivity contribution in [1.29, 1.82) is 0 Å². The van der Waals surface area contributed by atoms with Crippen LogP contribution in [0.2, 0.25) is 0 Å². The molecule has 5 aromatic rings. The van der Waals surface area contributed by atoms with E-state index in [0.29, 0.717) is 28.7 Å². The monoisotopic (exact) mass is 479 g/mol. The van der Waals surface area contributed by atoms with Gasteiger partial charge in [-0.3, -0.25) is 14.2 Å². The van der Waals surface area contributed by atoms with Crippen LogP contribution >= 0.6 is 0 Å². The van der Waals surface area contributed by atoms with Crippen LogP contribution in [0.5, 0.6) is 0 Å². The molecule has 3 aromatic heterocycles. The van der Waals surface area contributed by atoms with Crippen LogP contribution in [0.15, 0.2) is 65.8 Å². The van der Waals surface area contributed by atoms with Crippen LogP contribution in [-0.2, 0) is 23.6 Å². The second-order valence-corrected chi connectivity index (χ2v) is 10.1. The molecule has 174 valence electrons. The number of nitrogens with one attached hydrogen (secondary N) is 2. The van der Waals surface area contributed by atoms with Gasteiger partial charge in [-0.15, -0.1) is 0 Å². The summed E-state index contributed by atoms with van der Waals surface area (Å²) in [6.45, 7) is 1.95. The van der Waals surface area contributed by atoms with Crippen LogP contribution in [0.25, 0.3) is 32.9 Å². The van der Waals surface area contributed by atoms with Gasteiger partial charge in [0, 0.05) is 35.8 Å². The maximum Gasteiger partial charge on any atom is 0.272 e. The number of rotatable bonds is 6. The lowest BCUT2D eigenvalue weighted by Crippen LogP contribution is -2.14. The first-order valence-electron chi connectivity index (χ1n) is 10.7. The Kier molecular flexibility index (Phi) is 5.24. The maximum absolute atomic E-state index is 13.3. The zero-order valence-electron chi connectivity index (χ0n) is 18.5. The Morgan fingerprint density at radius 1 is 1.12 bits per heavy atom. The molecule has 0 unspecified atom stereocenters. The van der Waals surface area contributed by atoms with E-state index in [0.717, 1.165) is 22.1 Å². The van der Waals surface area contributed by atoms with Crippen molar-refractivity contribution in [3.63, 3.8) is 0 Å². The van der Waals surface area contributed by atoms with Crippen molar-refractivity contribution in [2.75, 3.05) is 10.5 Å². The molecule has 5 rings (SSSR count). The molecule has 0 aliphatic heterocycles. The van der Waals surface area contributed by atoms with E-state index in [1.54, 1.807) is 53.8 Å². The predicted molar refractivity (Wildman–Crippen MR) is 131 cm³/mol. The van der Waals surface area contributed by atoms with Gasteiger partial charge < -0.3 is 9.55 Å². The number of fused-ring (bicyclic) bond motifs is 2. The minimum Gasteiger partial charge on any atom is -0.345 e. The van der Waals surface area contributed by atoms with E-state index in [4.69, 9.17) is 0 Å². The fraction of sp³-hybridized carbons (Fsp3) is 0.167. The van der Waals surface area contributed by atoms with Gasteiger partial charge >= 0.3 is 0 Å². The Bertz CT molecular complexity index is 1700. The third-order valence-corrected chi connectivity index (χ3v) is 7.16. The first-order chi connectivity index (χ1) is 16.3. The molecule has 0 atom stereocenters. The molecule has 3 heterocycles. The van der Waals surface area contributed by atoms with Gasteiger partial charge in [0.1, 0.15) is 11.3 Å². The fourth-order valence-corrected chi connectivity index (χ4v) is 4.79. The van der Waals surface area contributed by atoms with E-state index >= 15 is 0 Å². The highest BCUT2D eigenvalue weighted by Gasteiger charge is 2.18. The molecule has 0 saturated heterocycles. The normalized spacial score (nSPS) is 12.0. The van der Waals surface area contributed by atoms with Gasteiger partial charge in [0.15, 0.2) is 0 Å². The molecule has 0 bridgehead atoms. The molecule has 0 aliphatic carbocycles. The van der Waals surface area contributed by atoms with Crippen molar-refractivity contribution in [2.24, 2.45) is 7.05 Å². The number of benzene rings is 2. The third-order valence-electron chi connectivity index (χ3n) is 5.86. The van der Waals surface area contributed by atoms with Crippen molar-refractivity contribution >= 4 is 37.5 Å². The molecule has 8 nitrogen and oxygen atoms in total. The summed E-state index contributed by atoms with van der Waals surface area (Å²) in [6, 6.07) is 11.7. The predicted octanol–water partition coefficient (Wildman–Crippen LogP) is 3.83. The summed E-state index contributed by atoms with van der Waals surface area (Å²) in [7, 11) is -1.76. The van der Waals surface area contributed by atoms with Crippen molar-refractivity contribution in [1.82, 2.24) is 19.3 Å². The van der Waals surface area contributed by atoms with Gasteiger partial charge in [-0.1, -0.05) is 12.1 Å². The van der Waals surface area contributed by atoms with E-state index in [9.17, 15) is 17.6 Å². The standard InChI is InChI=1S/C24H22FN5O3S/c1-3-34(32,33)28-21-10-16(20-14-29(2)23-18(20)8-9-26-24(23)31)11-22-19(21)12-27-30(22)13-15-4-6-17(25)7-5-15/h4-12,14,28H,3,13H2,1-2H3,(H,26,31). The van der Waals surface area contributed by atoms with E-state index < -0.39 is 10.0 Å². The van der Waals surface area contributed by atoms with Crippen LogP contribution in [0.1, 0.15) is 12.5 Å². The first-order valence-corrected chi connectivity index (χ1v) is 12.3. The molecule has 2 aromatic carbocycles. The van der Waals surface area contributed by atoms with Gasteiger partial charge in [0.2, 0.25) is 10.0 Å². The number of anilines is 1. The second kappa shape index (κ2) is 8.14. The quantitative estimate of drug-likeness (QED) is 0.386. The van der Waals surface area contributed by atoms with E-state index in [1.165, 1.54) is 12.1 Å². The minimum atomic E-state index is -3.55. The molecule has 0 fully saturated rings. The summed E-state index contributed by atoms with van der Waals surface area (Å²) in [5.74, 6) is -0.398. The molecular formula is C24H22FN5O3S. The van der Waals surface area contributed by atoms with Crippen molar-refractivity contribution in [2.45, 2.75) is 13.5 Å². The Morgan fingerprint density at radius 3 is 2.62 bits per heavy atom. The average molecular weight is 480 g/mol. The molecule has 0 saturated carbocycles. The highest BCUT2D eigenvalue weighted by Crippen LogP contribution is 2.35. The number of H-pyrrole nitrogens is 1. The highest BCUT2D eigenvalue weighted by atomic mass is 32.2. The third kappa shape index (κ3) is 3.86. The number of aryl methyl sites for hydroxylation is 1. The number of pyridine rings is 1. The Hall–Kier alpha value is -3.92. The van der Waals surface area contributed by atoms with Crippen molar-refractivity contribution < 1.29 is 12.8 Å². The Balaban J connectivity index is 1.73. The lowest BCUT2D eigenvalue weighted by Gasteiger charge is -2.11. The maximum atomic E-state index is 13.3. The molecule has 0 radical (unpaired) electrons. The first kappa shape index (κ1) is 21.9. The summed E-state index contributed by atoms with van der Waals surface area (Å²) in [4.78, 5) is 15.1. The van der Waals surface area contributed by atoms with Gasteiger partial charge in [-0.25, -0.2) is 12.8 Å². The Labute approximate surface area is 194 Å². The van der Waals surface area contributed by atoms with E-state index in [1.807, 2.05) is 18.3 Å². The molecule has 2 N–H and O–H groups in total. The topological polar surface area (TPSA) is 102 Å². The van der Waals surface area contributed by atoms with Crippen LogP contribution < -0.4 is 10.3 Å². The zero-order chi connectivity index (χ0) is 24.0. The lowest BCUT2D eigenvalue weighted by atomic mass is 10.0. The van der Waals surface area contributed by atoms with E-state index in [2.05, 4.69) is 14.8 Å². The number of aromatic amines is 1. The SMILES string of the molecule is CCS(=O)(=O)Nc1cc(-c2cn(C)c3c(=O)[nH]ccc23)cc2c1cnn2Cc1ccc(F)cc1. The van der Waals surface area contributed by atoms with Gasteiger partial charge in [0.25, 0.3) is 5.56 Å². The summed E-state index contributed by atoms with van der Waals surface area (Å²) < 4.78 is 44.4. The molecule has 10 heteroatoms. The summed E-state index contributed by atoms with van der Waals surface area (Å²) in [5.41, 5.74) is 3.80. The largest absolute Gasteiger partial charge is 0.345 e. The van der Waals surface area contributed by atoms with Crippen LogP contribution in [-0.4, -0.2) is 33.5 Å². The summed E-state index contributed by atoms with van der Waals surface area (Å²) in [6.07, 6.45) is 5.05. The number of aromatic nitrogens is 4. The smallest absolute Gasteiger partial charge is 0.272 e. The number of sulfonamides is 1. The molecule has 0 aliphatic rings. The van der Waals surface area contributed by atoms with Crippen LogP contribution in [0.4, 0.5) is 10.1 Å². The molecule has 34 heavy (non-hydrogen) atoms. The molecule has 0 amide bonds. The van der Waals surface area contributed by atoms with Gasteiger partial charge in [-0.2, -0.15) is 5.10 Å². The number of hydrogen-bond donors (Lipinski definition) is 2. The number of nitrogens with zero attached hydrogens (tertiary/aromatic N) is 3. The second-order valence-electron chi connectivity index (χ2n) is 8.11. The van der Waals surface area contributed by atoms with Gasteiger partial charge in [-0.05, 0) is 48.4 Å². The summed E-state index contributed by atoms with van der Waals surface area (Å²) in [5, 5.41) is 5.86. The average Bonchev–Trinajstić information content (AvgIpc) is 3.37. The molecule has 0 spiro atoms. The van der Waals surface area contributed by atoms with Crippen LogP contribution in [0.3, 0.4) is 0 Å². The fourth-order valence-electron chi connectivity index (χ4n) is 4.14. The lowest BCUT2D eigenvalue weighted by molar-refractivity contribution is 0.602. The minimum absolute atomic E-state index is 0.0773. The van der Waals surface area contributed by atoms with Crippen molar-refractivity contribution in [3.8, 4) is 11.1 Å². The number of halogens is 1. The van der Waals surface area contributed by atoms with Crippen LogP contribution in [0, 0.1) is 5.82 Å². The van der Waals surface area contributed by atoms with Crippen molar-refractivity contribution in [3.05, 3.63) is 82.8 Å². The van der Waals surface area contributed by atoms with E-state index in [-0.39, 0.29) is 17.1 Å².